The third-order valence-corrected chi connectivity index (χ3v) is 6.80. The van der Waals surface area contributed by atoms with Crippen LogP contribution in [-0.2, 0) is 10.0 Å². The molecule has 7 nitrogen and oxygen atoms in total. The lowest BCUT2D eigenvalue weighted by atomic mass is 9.98. The van der Waals surface area contributed by atoms with Crippen molar-refractivity contribution in [2.24, 2.45) is 0 Å². The van der Waals surface area contributed by atoms with Crippen molar-refractivity contribution < 1.29 is 17.6 Å². The van der Waals surface area contributed by atoms with E-state index in [4.69, 9.17) is 4.42 Å². The van der Waals surface area contributed by atoms with Gasteiger partial charge in [-0.1, -0.05) is 17.7 Å². The SMILES string of the molecule is Cc1ccc(S(=O)(=O)N2CCC(c3nc(C(=O)N(C)C)c(C)o3)CC2)cc1. The van der Waals surface area contributed by atoms with Gasteiger partial charge in [0, 0.05) is 33.1 Å². The summed E-state index contributed by atoms with van der Waals surface area (Å²) in [4.78, 5) is 18.3. The average Bonchev–Trinajstić information content (AvgIpc) is 3.03. The molecule has 1 aromatic carbocycles. The van der Waals surface area contributed by atoms with Crippen LogP contribution in [-0.4, -0.2) is 55.7 Å². The molecule has 146 valence electrons. The van der Waals surface area contributed by atoms with Gasteiger partial charge in [0.15, 0.2) is 11.6 Å². The van der Waals surface area contributed by atoms with Crippen molar-refractivity contribution in [2.75, 3.05) is 27.2 Å². The number of hydrogen-bond donors (Lipinski definition) is 0. The van der Waals surface area contributed by atoms with Gasteiger partial charge in [0.25, 0.3) is 5.91 Å². The first kappa shape index (κ1) is 19.6. The Balaban J connectivity index is 1.71. The predicted molar refractivity (Wildman–Crippen MR) is 101 cm³/mol. The van der Waals surface area contributed by atoms with Crippen molar-refractivity contribution >= 4 is 15.9 Å². The van der Waals surface area contributed by atoms with Gasteiger partial charge < -0.3 is 9.32 Å². The molecule has 1 amide bonds. The second-order valence-corrected chi connectivity index (χ2v) is 9.09. The van der Waals surface area contributed by atoms with Gasteiger partial charge in [-0.15, -0.1) is 0 Å². The first-order chi connectivity index (χ1) is 12.7. The maximum absolute atomic E-state index is 12.8. The molecule has 1 saturated heterocycles. The van der Waals surface area contributed by atoms with Crippen LogP contribution >= 0.6 is 0 Å². The van der Waals surface area contributed by atoms with Crippen LogP contribution in [0.2, 0.25) is 0 Å². The second kappa shape index (κ2) is 7.44. The van der Waals surface area contributed by atoms with Crippen LogP contribution in [0.3, 0.4) is 0 Å². The number of aryl methyl sites for hydroxylation is 2. The first-order valence-electron chi connectivity index (χ1n) is 8.96. The van der Waals surface area contributed by atoms with E-state index in [-0.39, 0.29) is 11.8 Å². The smallest absolute Gasteiger partial charge is 0.275 e. The minimum atomic E-state index is -3.49. The molecule has 0 saturated carbocycles. The largest absolute Gasteiger partial charge is 0.445 e. The molecule has 0 spiro atoms. The van der Waals surface area contributed by atoms with E-state index in [2.05, 4.69) is 4.98 Å². The maximum Gasteiger partial charge on any atom is 0.275 e. The Morgan fingerprint density at radius 1 is 1.15 bits per heavy atom. The summed E-state index contributed by atoms with van der Waals surface area (Å²) in [6, 6.07) is 6.90. The van der Waals surface area contributed by atoms with Gasteiger partial charge in [0.05, 0.1) is 4.90 Å². The third kappa shape index (κ3) is 3.91. The zero-order chi connectivity index (χ0) is 19.8. The van der Waals surface area contributed by atoms with Gasteiger partial charge in [-0.2, -0.15) is 4.31 Å². The Labute approximate surface area is 160 Å². The zero-order valence-electron chi connectivity index (χ0n) is 16.1. The summed E-state index contributed by atoms with van der Waals surface area (Å²) < 4.78 is 32.8. The molecule has 1 aliphatic heterocycles. The number of sulfonamides is 1. The van der Waals surface area contributed by atoms with E-state index in [1.165, 1.54) is 9.21 Å². The van der Waals surface area contributed by atoms with Gasteiger partial charge >= 0.3 is 0 Å². The molecule has 0 atom stereocenters. The highest BCUT2D eigenvalue weighted by atomic mass is 32.2. The molecular formula is C19H25N3O4S. The van der Waals surface area contributed by atoms with Crippen molar-refractivity contribution in [3.8, 4) is 0 Å². The molecule has 1 aliphatic rings. The second-order valence-electron chi connectivity index (χ2n) is 7.15. The van der Waals surface area contributed by atoms with Gasteiger partial charge in [0.2, 0.25) is 10.0 Å². The van der Waals surface area contributed by atoms with E-state index in [1.54, 1.807) is 45.3 Å². The number of benzene rings is 1. The highest BCUT2D eigenvalue weighted by Crippen LogP contribution is 2.31. The van der Waals surface area contributed by atoms with Crippen molar-refractivity contribution in [1.29, 1.82) is 0 Å². The number of hydrogen-bond acceptors (Lipinski definition) is 5. The quantitative estimate of drug-likeness (QED) is 0.800. The van der Waals surface area contributed by atoms with Crippen LogP contribution < -0.4 is 0 Å². The molecule has 0 unspecified atom stereocenters. The van der Waals surface area contributed by atoms with Crippen molar-refractivity contribution in [2.45, 2.75) is 37.5 Å². The van der Waals surface area contributed by atoms with Crippen LogP contribution in [0.4, 0.5) is 0 Å². The highest BCUT2D eigenvalue weighted by Gasteiger charge is 2.32. The highest BCUT2D eigenvalue weighted by molar-refractivity contribution is 7.89. The zero-order valence-corrected chi connectivity index (χ0v) is 16.9. The van der Waals surface area contributed by atoms with Crippen molar-refractivity contribution in [3.63, 3.8) is 0 Å². The topological polar surface area (TPSA) is 83.7 Å². The summed E-state index contributed by atoms with van der Waals surface area (Å²) in [6.45, 7) is 4.46. The maximum atomic E-state index is 12.8. The van der Waals surface area contributed by atoms with Crippen molar-refractivity contribution in [3.05, 3.63) is 47.2 Å². The summed E-state index contributed by atoms with van der Waals surface area (Å²) in [5.74, 6) is 0.835. The van der Waals surface area contributed by atoms with E-state index in [0.29, 0.717) is 48.2 Å². The lowest BCUT2D eigenvalue weighted by Gasteiger charge is -2.29. The summed E-state index contributed by atoms with van der Waals surface area (Å²) in [6.07, 6.45) is 1.22. The Morgan fingerprint density at radius 3 is 2.30 bits per heavy atom. The molecule has 0 radical (unpaired) electrons. The first-order valence-corrected chi connectivity index (χ1v) is 10.4. The number of rotatable bonds is 4. The van der Waals surface area contributed by atoms with E-state index in [0.717, 1.165) is 5.56 Å². The van der Waals surface area contributed by atoms with Gasteiger partial charge in [0.1, 0.15) is 5.76 Å². The van der Waals surface area contributed by atoms with E-state index >= 15 is 0 Å². The van der Waals surface area contributed by atoms with Gasteiger partial charge in [-0.05, 0) is 38.8 Å². The van der Waals surface area contributed by atoms with E-state index in [9.17, 15) is 13.2 Å². The van der Waals surface area contributed by atoms with E-state index in [1.807, 2.05) is 6.92 Å². The number of carbonyl (C=O) groups excluding carboxylic acids is 1. The van der Waals surface area contributed by atoms with Crippen LogP contribution in [0.5, 0.6) is 0 Å². The molecule has 2 heterocycles. The van der Waals surface area contributed by atoms with E-state index < -0.39 is 10.0 Å². The number of amides is 1. The minimum absolute atomic E-state index is 0.0110. The van der Waals surface area contributed by atoms with Crippen LogP contribution in [0, 0.1) is 13.8 Å². The predicted octanol–water partition coefficient (Wildman–Crippen LogP) is 2.56. The molecule has 0 N–H and O–H groups in total. The Hall–Kier alpha value is -2.19. The molecule has 1 aromatic heterocycles. The monoisotopic (exact) mass is 391 g/mol. The fourth-order valence-electron chi connectivity index (χ4n) is 3.20. The number of aromatic nitrogens is 1. The molecule has 3 rings (SSSR count). The summed E-state index contributed by atoms with van der Waals surface area (Å²) in [7, 11) is -0.148. The average molecular weight is 391 g/mol. The Kier molecular flexibility index (Phi) is 5.39. The lowest BCUT2D eigenvalue weighted by molar-refractivity contribution is 0.0821. The Bertz CT molecular complexity index is 924. The molecule has 2 aromatic rings. The molecule has 0 bridgehead atoms. The molecule has 27 heavy (non-hydrogen) atoms. The fraction of sp³-hybridized carbons (Fsp3) is 0.474. The summed E-state index contributed by atoms with van der Waals surface area (Å²) >= 11 is 0. The normalized spacial score (nSPS) is 16.4. The minimum Gasteiger partial charge on any atom is -0.445 e. The number of piperidine rings is 1. The number of nitrogens with zero attached hydrogens (tertiary/aromatic N) is 3. The molecular weight excluding hydrogens is 366 g/mol. The third-order valence-electron chi connectivity index (χ3n) is 4.88. The van der Waals surface area contributed by atoms with Crippen LogP contribution in [0.1, 0.15) is 46.5 Å². The lowest BCUT2D eigenvalue weighted by Crippen LogP contribution is -2.38. The molecule has 0 aliphatic carbocycles. The molecule has 8 heteroatoms. The Morgan fingerprint density at radius 2 is 1.74 bits per heavy atom. The number of oxazole rings is 1. The summed E-state index contributed by atoms with van der Waals surface area (Å²) in [5, 5.41) is 0. The van der Waals surface area contributed by atoms with Crippen molar-refractivity contribution in [1.82, 2.24) is 14.2 Å². The molecule has 1 fully saturated rings. The standard InChI is InChI=1S/C19H25N3O4S/c1-13-5-7-16(8-6-13)27(24,25)22-11-9-15(10-12-22)18-20-17(14(2)26-18)19(23)21(3)4/h5-8,15H,9-12H2,1-4H3. The number of carbonyl (C=O) groups is 1. The van der Waals surface area contributed by atoms with Crippen LogP contribution in [0.15, 0.2) is 33.6 Å². The van der Waals surface area contributed by atoms with Gasteiger partial charge in [-0.25, -0.2) is 13.4 Å². The summed E-state index contributed by atoms with van der Waals surface area (Å²) in [5.41, 5.74) is 1.35. The fourth-order valence-corrected chi connectivity index (χ4v) is 4.67. The van der Waals surface area contributed by atoms with Crippen LogP contribution in [0.25, 0.3) is 0 Å². The van der Waals surface area contributed by atoms with Gasteiger partial charge in [-0.3, -0.25) is 4.79 Å².